The van der Waals surface area contributed by atoms with Gasteiger partial charge in [0.05, 0.1) is 5.75 Å². The predicted octanol–water partition coefficient (Wildman–Crippen LogP) is 4.27. The molecular weight excluding hydrogens is 364 g/mol. The normalized spacial score (nSPS) is 10.5. The van der Waals surface area contributed by atoms with Crippen molar-refractivity contribution in [1.82, 2.24) is 10.3 Å². The molecule has 6 heteroatoms. The number of thiophene rings is 1. The van der Waals surface area contributed by atoms with Crippen molar-refractivity contribution in [3.8, 4) is 5.75 Å². The molecule has 0 saturated heterocycles. The Morgan fingerprint density at radius 3 is 2.73 bits per heavy atom. The van der Waals surface area contributed by atoms with Crippen molar-refractivity contribution in [3.63, 3.8) is 0 Å². The summed E-state index contributed by atoms with van der Waals surface area (Å²) in [5.74, 6) is 2.22. The number of hydrogen-bond donors (Lipinski definition) is 1. The monoisotopic (exact) mass is 384 g/mol. The van der Waals surface area contributed by atoms with Gasteiger partial charge in [0.15, 0.2) is 0 Å². The molecule has 0 saturated carbocycles. The minimum absolute atomic E-state index is 0.0588. The quantitative estimate of drug-likeness (QED) is 0.598. The van der Waals surface area contributed by atoms with E-state index >= 15 is 0 Å². The molecular formula is C20H20N2O2S2. The van der Waals surface area contributed by atoms with Gasteiger partial charge in [0.2, 0.25) is 5.91 Å². The number of thioether (sulfide) groups is 1. The molecule has 0 bridgehead atoms. The standard InChI is InChI=1S/C20H20N2O2S2/c23-20(15-25-14-19-4-2-10-26-19)22-12-16-5-7-18(8-6-16)24-13-17-3-1-9-21-11-17/h1-11H,12-15H2,(H,22,23). The van der Waals surface area contributed by atoms with E-state index in [9.17, 15) is 4.79 Å². The first-order valence-electron chi connectivity index (χ1n) is 8.27. The van der Waals surface area contributed by atoms with Gasteiger partial charge in [-0.1, -0.05) is 24.3 Å². The molecule has 0 fully saturated rings. The Bertz CT molecular complexity index is 790. The Hall–Kier alpha value is -2.31. The molecule has 26 heavy (non-hydrogen) atoms. The molecule has 0 spiro atoms. The Morgan fingerprint density at radius 1 is 1.12 bits per heavy atom. The molecule has 0 aliphatic carbocycles. The molecule has 2 heterocycles. The molecule has 1 N–H and O–H groups in total. The van der Waals surface area contributed by atoms with Crippen molar-refractivity contribution in [1.29, 1.82) is 0 Å². The Morgan fingerprint density at radius 2 is 2.00 bits per heavy atom. The third-order valence-corrected chi connectivity index (χ3v) is 5.64. The van der Waals surface area contributed by atoms with Crippen LogP contribution in [-0.4, -0.2) is 16.6 Å². The second-order valence-corrected chi connectivity index (χ2v) is 7.66. The first-order chi connectivity index (χ1) is 12.8. The predicted molar refractivity (Wildman–Crippen MR) is 107 cm³/mol. The van der Waals surface area contributed by atoms with Gasteiger partial charge < -0.3 is 10.1 Å². The first kappa shape index (κ1) is 18.5. The van der Waals surface area contributed by atoms with Crippen molar-refractivity contribution in [2.75, 3.05) is 5.75 Å². The fraction of sp³-hybridized carbons (Fsp3) is 0.200. The van der Waals surface area contributed by atoms with Gasteiger partial charge in [0.1, 0.15) is 12.4 Å². The van der Waals surface area contributed by atoms with Crippen molar-refractivity contribution in [2.24, 2.45) is 0 Å². The van der Waals surface area contributed by atoms with Gasteiger partial charge in [0, 0.05) is 35.1 Å². The summed E-state index contributed by atoms with van der Waals surface area (Å²) < 4.78 is 5.73. The molecule has 0 aliphatic heterocycles. The van der Waals surface area contributed by atoms with E-state index in [1.807, 2.05) is 42.5 Å². The summed E-state index contributed by atoms with van der Waals surface area (Å²) in [5, 5.41) is 5.01. The molecule has 134 valence electrons. The van der Waals surface area contributed by atoms with E-state index in [1.165, 1.54) is 4.88 Å². The van der Waals surface area contributed by atoms with Crippen molar-refractivity contribution in [2.45, 2.75) is 18.9 Å². The van der Waals surface area contributed by atoms with Gasteiger partial charge in [0.25, 0.3) is 0 Å². The SMILES string of the molecule is O=C(CSCc1cccs1)NCc1ccc(OCc2cccnc2)cc1. The largest absolute Gasteiger partial charge is 0.489 e. The minimum atomic E-state index is 0.0588. The number of hydrogen-bond acceptors (Lipinski definition) is 5. The lowest BCUT2D eigenvalue weighted by atomic mass is 10.2. The molecule has 1 amide bonds. The molecule has 3 rings (SSSR count). The Labute approximate surface area is 161 Å². The lowest BCUT2D eigenvalue weighted by Gasteiger charge is -2.08. The number of amides is 1. The van der Waals surface area contributed by atoms with Crippen molar-refractivity contribution in [3.05, 3.63) is 82.3 Å². The summed E-state index contributed by atoms with van der Waals surface area (Å²) in [6.45, 7) is 1.02. The lowest BCUT2D eigenvalue weighted by Crippen LogP contribution is -2.24. The summed E-state index contributed by atoms with van der Waals surface area (Å²) >= 11 is 3.36. The van der Waals surface area contributed by atoms with Gasteiger partial charge in [-0.05, 0) is 35.2 Å². The summed E-state index contributed by atoms with van der Waals surface area (Å²) in [6, 6.07) is 15.8. The van der Waals surface area contributed by atoms with Crippen LogP contribution in [0.5, 0.6) is 5.75 Å². The lowest BCUT2D eigenvalue weighted by molar-refractivity contribution is -0.118. The van der Waals surface area contributed by atoms with Crippen LogP contribution in [0.4, 0.5) is 0 Å². The summed E-state index contributed by atoms with van der Waals surface area (Å²) in [4.78, 5) is 17.3. The van der Waals surface area contributed by atoms with Crippen LogP contribution < -0.4 is 10.1 Å². The number of pyridine rings is 1. The number of carbonyl (C=O) groups is 1. The van der Waals surface area contributed by atoms with E-state index in [-0.39, 0.29) is 5.91 Å². The molecule has 3 aromatic rings. The minimum Gasteiger partial charge on any atom is -0.489 e. The summed E-state index contributed by atoms with van der Waals surface area (Å²) in [5.41, 5.74) is 2.08. The second-order valence-electron chi connectivity index (χ2n) is 5.64. The Balaban J connectivity index is 1.36. The van der Waals surface area contributed by atoms with Crippen molar-refractivity contribution >= 4 is 29.0 Å². The van der Waals surface area contributed by atoms with Gasteiger partial charge in [-0.15, -0.1) is 23.1 Å². The molecule has 0 unspecified atom stereocenters. The van der Waals surface area contributed by atoms with Crippen LogP contribution >= 0.6 is 23.1 Å². The van der Waals surface area contributed by atoms with E-state index in [4.69, 9.17) is 4.74 Å². The van der Waals surface area contributed by atoms with E-state index < -0.39 is 0 Å². The number of aromatic nitrogens is 1. The van der Waals surface area contributed by atoms with E-state index in [0.29, 0.717) is 18.9 Å². The van der Waals surface area contributed by atoms with Gasteiger partial charge in [-0.3, -0.25) is 9.78 Å². The van der Waals surface area contributed by atoms with E-state index in [1.54, 1.807) is 35.5 Å². The fourth-order valence-corrected chi connectivity index (χ4v) is 3.94. The van der Waals surface area contributed by atoms with Crippen LogP contribution in [-0.2, 0) is 23.7 Å². The van der Waals surface area contributed by atoms with Gasteiger partial charge in [-0.2, -0.15) is 0 Å². The molecule has 4 nitrogen and oxygen atoms in total. The zero-order chi connectivity index (χ0) is 18.0. The number of rotatable bonds is 9. The smallest absolute Gasteiger partial charge is 0.230 e. The second kappa shape index (κ2) is 9.99. The highest BCUT2D eigenvalue weighted by Crippen LogP contribution is 2.17. The molecule has 0 radical (unpaired) electrons. The third kappa shape index (κ3) is 6.20. The maximum Gasteiger partial charge on any atom is 0.230 e. The number of nitrogens with one attached hydrogen (secondary N) is 1. The molecule has 1 aromatic carbocycles. The van der Waals surface area contributed by atoms with E-state index in [2.05, 4.69) is 21.7 Å². The molecule has 0 atom stereocenters. The van der Waals surface area contributed by atoms with E-state index in [0.717, 1.165) is 22.6 Å². The van der Waals surface area contributed by atoms with Gasteiger partial charge >= 0.3 is 0 Å². The maximum atomic E-state index is 11.9. The summed E-state index contributed by atoms with van der Waals surface area (Å²) in [6.07, 6.45) is 3.54. The summed E-state index contributed by atoms with van der Waals surface area (Å²) in [7, 11) is 0. The topological polar surface area (TPSA) is 51.2 Å². The highest BCUT2D eigenvalue weighted by molar-refractivity contribution is 7.99. The molecule has 2 aromatic heterocycles. The first-order valence-corrected chi connectivity index (χ1v) is 10.3. The van der Waals surface area contributed by atoms with Gasteiger partial charge in [-0.25, -0.2) is 0 Å². The van der Waals surface area contributed by atoms with Crippen LogP contribution in [0.15, 0.2) is 66.3 Å². The molecule has 0 aliphatic rings. The number of benzene rings is 1. The van der Waals surface area contributed by atoms with Crippen LogP contribution in [0.3, 0.4) is 0 Å². The number of ether oxygens (including phenoxy) is 1. The van der Waals surface area contributed by atoms with Crippen LogP contribution in [0.2, 0.25) is 0 Å². The highest BCUT2D eigenvalue weighted by Gasteiger charge is 2.03. The zero-order valence-corrected chi connectivity index (χ0v) is 15.9. The average Bonchev–Trinajstić information content (AvgIpc) is 3.20. The fourth-order valence-electron chi connectivity index (χ4n) is 2.24. The maximum absolute atomic E-state index is 11.9. The third-order valence-electron chi connectivity index (χ3n) is 3.60. The van der Waals surface area contributed by atoms with Crippen LogP contribution in [0.25, 0.3) is 0 Å². The number of nitrogens with zero attached hydrogens (tertiary/aromatic N) is 1. The number of carbonyl (C=O) groups excluding carboxylic acids is 1. The van der Waals surface area contributed by atoms with Crippen LogP contribution in [0, 0.1) is 0 Å². The zero-order valence-electron chi connectivity index (χ0n) is 14.3. The average molecular weight is 385 g/mol. The van der Waals surface area contributed by atoms with Crippen LogP contribution in [0.1, 0.15) is 16.0 Å². The van der Waals surface area contributed by atoms with Crippen molar-refractivity contribution < 1.29 is 9.53 Å². The highest BCUT2D eigenvalue weighted by atomic mass is 32.2. The Kier molecular flexibility index (Phi) is 7.10.